The third-order valence-corrected chi connectivity index (χ3v) is 5.70. The van der Waals surface area contributed by atoms with Crippen molar-refractivity contribution in [3.8, 4) is 0 Å². The lowest BCUT2D eigenvalue weighted by Crippen LogP contribution is -2.58. The number of hydroxylamine groups is 1. The first-order valence-electron chi connectivity index (χ1n) is 8.78. The molecule has 8 heteroatoms. The van der Waals surface area contributed by atoms with Crippen LogP contribution in [0, 0.1) is 11.8 Å². The topological polar surface area (TPSA) is 68.9 Å². The van der Waals surface area contributed by atoms with Crippen LogP contribution in [0.5, 0.6) is 0 Å². The van der Waals surface area contributed by atoms with E-state index in [2.05, 4.69) is 21.0 Å². The Balaban J connectivity index is 1.25. The second kappa shape index (κ2) is 6.82. The van der Waals surface area contributed by atoms with Crippen LogP contribution in [0.15, 0.2) is 0 Å². The van der Waals surface area contributed by atoms with Crippen molar-refractivity contribution in [1.29, 1.82) is 0 Å². The van der Waals surface area contributed by atoms with Crippen LogP contribution in [-0.4, -0.2) is 66.4 Å². The normalized spacial score (nSPS) is 39.6. The number of carbonyl (C=O) groups excluding carboxylic acids is 1. The molecule has 23 heavy (non-hydrogen) atoms. The fourth-order valence-electron chi connectivity index (χ4n) is 3.73. The Labute approximate surface area is 142 Å². The monoisotopic (exact) mass is 343 g/mol. The van der Waals surface area contributed by atoms with Crippen LogP contribution in [-0.2, 0) is 9.63 Å². The van der Waals surface area contributed by atoms with E-state index in [-0.39, 0.29) is 18.0 Å². The number of nitrogens with zero attached hydrogens (tertiary/aromatic N) is 2. The molecule has 3 heterocycles. The predicted molar refractivity (Wildman–Crippen MR) is 86.2 cm³/mol. The number of carbonyl (C=O) groups is 1. The Morgan fingerprint density at radius 3 is 2.61 bits per heavy atom. The van der Waals surface area contributed by atoms with Gasteiger partial charge in [0.2, 0.25) is 5.91 Å². The van der Waals surface area contributed by atoms with Gasteiger partial charge in [-0.2, -0.15) is 5.48 Å². The molecular formula is C15H26ClN5O2. The first-order valence-corrected chi connectivity index (χ1v) is 9.22. The summed E-state index contributed by atoms with van der Waals surface area (Å²) < 4.78 is 0. The molecule has 0 radical (unpaired) electrons. The minimum atomic E-state index is 0.00877. The largest absolute Gasteiger partial charge is 0.340 e. The summed E-state index contributed by atoms with van der Waals surface area (Å²) in [6.07, 6.45) is 4.18. The number of amides is 1. The molecular weight excluding hydrogens is 318 g/mol. The fraction of sp³-hybridized carbons (Fsp3) is 0.933. The first kappa shape index (κ1) is 16.1. The van der Waals surface area contributed by atoms with E-state index in [4.69, 9.17) is 16.4 Å². The molecule has 0 aromatic heterocycles. The van der Waals surface area contributed by atoms with Gasteiger partial charge in [0, 0.05) is 38.0 Å². The highest BCUT2D eigenvalue weighted by Crippen LogP contribution is 2.31. The van der Waals surface area contributed by atoms with Gasteiger partial charge < -0.3 is 10.2 Å². The van der Waals surface area contributed by atoms with Crippen LogP contribution in [0.25, 0.3) is 0 Å². The summed E-state index contributed by atoms with van der Waals surface area (Å²) in [5.41, 5.74) is 3.15. The van der Waals surface area contributed by atoms with Crippen LogP contribution in [0.3, 0.4) is 0 Å². The third-order valence-electron chi connectivity index (χ3n) is 5.37. The maximum absolute atomic E-state index is 12.1. The van der Waals surface area contributed by atoms with E-state index in [1.54, 1.807) is 0 Å². The molecule has 3 N–H and O–H groups in total. The summed E-state index contributed by atoms with van der Waals surface area (Å²) in [6.45, 7) is 4.33. The van der Waals surface area contributed by atoms with Gasteiger partial charge in [0.05, 0.1) is 5.50 Å². The molecule has 4 fully saturated rings. The summed E-state index contributed by atoms with van der Waals surface area (Å²) in [6, 6.07) is 0. The summed E-state index contributed by atoms with van der Waals surface area (Å²) in [7, 11) is 0. The average molecular weight is 344 g/mol. The molecule has 3 aliphatic heterocycles. The lowest BCUT2D eigenvalue weighted by atomic mass is 9.96. The van der Waals surface area contributed by atoms with Gasteiger partial charge in [0.1, 0.15) is 12.5 Å². The van der Waals surface area contributed by atoms with Crippen molar-refractivity contribution in [3.63, 3.8) is 0 Å². The van der Waals surface area contributed by atoms with Crippen LogP contribution >= 0.6 is 11.6 Å². The van der Waals surface area contributed by atoms with E-state index < -0.39 is 0 Å². The second-order valence-corrected chi connectivity index (χ2v) is 7.59. The Morgan fingerprint density at radius 2 is 1.91 bits per heavy atom. The van der Waals surface area contributed by atoms with E-state index in [1.807, 2.05) is 4.90 Å². The van der Waals surface area contributed by atoms with Crippen LogP contribution < -0.4 is 16.1 Å². The number of piperazine rings is 1. The van der Waals surface area contributed by atoms with E-state index in [0.29, 0.717) is 17.7 Å². The number of hydrogen-bond acceptors (Lipinski definition) is 6. The van der Waals surface area contributed by atoms with Crippen molar-refractivity contribution < 1.29 is 9.63 Å². The van der Waals surface area contributed by atoms with Crippen molar-refractivity contribution >= 4 is 17.5 Å². The summed E-state index contributed by atoms with van der Waals surface area (Å²) in [4.78, 5) is 22.2. The molecule has 3 saturated heterocycles. The number of piperidine rings is 1. The first-order chi connectivity index (χ1) is 11.2. The quantitative estimate of drug-likeness (QED) is 0.489. The molecule has 0 aromatic rings. The highest BCUT2D eigenvalue weighted by atomic mass is 35.5. The van der Waals surface area contributed by atoms with Crippen molar-refractivity contribution in [2.75, 3.05) is 32.7 Å². The lowest BCUT2D eigenvalue weighted by Gasteiger charge is -2.37. The standard InChI is InChI=1S/C15H26ClN5O2/c16-12-9-11(3-4-17-12)13-18-15(19-23-13)21-7-5-20(6-8-21)14(22)10-1-2-10/h10-13,15,17-19H,1-9H2. The van der Waals surface area contributed by atoms with E-state index in [1.165, 1.54) is 0 Å². The maximum atomic E-state index is 12.1. The Kier molecular flexibility index (Phi) is 4.76. The lowest BCUT2D eigenvalue weighted by molar-refractivity contribution is -0.135. The molecule has 0 bridgehead atoms. The van der Waals surface area contributed by atoms with Gasteiger partial charge in [-0.15, -0.1) is 11.6 Å². The SMILES string of the molecule is O=C(C1CC1)N1CCN(C2NOC(C3CCNC(Cl)C3)N2)CC1. The average Bonchev–Trinajstić information content (AvgIpc) is 3.31. The molecule has 0 spiro atoms. The van der Waals surface area contributed by atoms with Gasteiger partial charge in [0.15, 0.2) is 0 Å². The van der Waals surface area contributed by atoms with E-state index in [9.17, 15) is 4.79 Å². The smallest absolute Gasteiger partial charge is 0.225 e. The minimum absolute atomic E-state index is 0.00877. The van der Waals surface area contributed by atoms with Crippen LogP contribution in [0.4, 0.5) is 0 Å². The zero-order valence-electron chi connectivity index (χ0n) is 13.3. The van der Waals surface area contributed by atoms with Gasteiger partial charge in [-0.25, -0.2) is 0 Å². The van der Waals surface area contributed by atoms with E-state index >= 15 is 0 Å². The van der Waals surface area contributed by atoms with Gasteiger partial charge >= 0.3 is 0 Å². The molecule has 1 aliphatic carbocycles. The molecule has 1 saturated carbocycles. The zero-order chi connectivity index (χ0) is 15.8. The molecule has 4 rings (SSSR count). The van der Waals surface area contributed by atoms with Gasteiger partial charge in [-0.3, -0.25) is 19.8 Å². The maximum Gasteiger partial charge on any atom is 0.225 e. The van der Waals surface area contributed by atoms with Crippen LogP contribution in [0.1, 0.15) is 25.7 Å². The second-order valence-electron chi connectivity index (χ2n) is 7.07. The zero-order valence-corrected chi connectivity index (χ0v) is 14.1. The molecule has 7 nitrogen and oxygen atoms in total. The fourth-order valence-corrected chi connectivity index (χ4v) is 4.07. The van der Waals surface area contributed by atoms with Crippen LogP contribution in [0.2, 0.25) is 0 Å². The van der Waals surface area contributed by atoms with Crippen molar-refractivity contribution in [3.05, 3.63) is 0 Å². The Morgan fingerprint density at radius 1 is 1.13 bits per heavy atom. The molecule has 1 amide bonds. The highest BCUT2D eigenvalue weighted by molar-refractivity contribution is 6.20. The van der Waals surface area contributed by atoms with Crippen molar-refractivity contribution in [1.82, 2.24) is 25.9 Å². The van der Waals surface area contributed by atoms with Crippen molar-refractivity contribution in [2.24, 2.45) is 11.8 Å². The molecule has 4 aliphatic rings. The van der Waals surface area contributed by atoms with E-state index in [0.717, 1.165) is 58.4 Å². The third kappa shape index (κ3) is 3.65. The molecule has 4 unspecified atom stereocenters. The number of rotatable bonds is 3. The van der Waals surface area contributed by atoms with Gasteiger partial charge in [-0.1, -0.05) is 0 Å². The number of hydrogen-bond donors (Lipinski definition) is 3. The highest BCUT2D eigenvalue weighted by Gasteiger charge is 2.39. The summed E-state index contributed by atoms with van der Waals surface area (Å²) in [5, 5.41) is 6.79. The number of alkyl halides is 1. The summed E-state index contributed by atoms with van der Waals surface area (Å²) >= 11 is 6.19. The molecule has 4 atom stereocenters. The van der Waals surface area contributed by atoms with Gasteiger partial charge in [0.25, 0.3) is 0 Å². The number of halogens is 1. The van der Waals surface area contributed by atoms with Crippen molar-refractivity contribution in [2.45, 2.75) is 43.7 Å². The number of nitrogens with one attached hydrogen (secondary N) is 3. The Hall–Kier alpha value is -0.440. The minimum Gasteiger partial charge on any atom is -0.340 e. The van der Waals surface area contributed by atoms with Gasteiger partial charge in [-0.05, 0) is 32.2 Å². The molecule has 130 valence electrons. The Bertz CT molecular complexity index is 442. The summed E-state index contributed by atoms with van der Waals surface area (Å²) in [5.74, 6) is 1.10. The molecule has 0 aromatic carbocycles. The predicted octanol–water partition coefficient (Wildman–Crippen LogP) is -0.161.